The van der Waals surface area contributed by atoms with Gasteiger partial charge in [0.05, 0.1) is 9.52 Å². The molecule has 0 spiro atoms. The predicted molar refractivity (Wildman–Crippen MR) is 319 cm³/mol. The number of rotatable bonds is 8. The molecule has 0 saturated heterocycles. The normalized spacial score (nSPS) is 12.3. The first-order valence-electron chi connectivity index (χ1n) is 26.5. The zero-order valence-electron chi connectivity index (χ0n) is 46.6. The molecule has 0 bridgehead atoms. The number of hydrogen-bond donors (Lipinski definition) is 0. The van der Waals surface area contributed by atoms with Gasteiger partial charge >= 0.3 is 37.9 Å². The summed E-state index contributed by atoms with van der Waals surface area (Å²) in [6.45, 7) is 36.9. The molecule has 1 aliphatic heterocycles. The zero-order chi connectivity index (χ0) is 52.8. The van der Waals surface area contributed by atoms with Gasteiger partial charge in [0.25, 0.3) is 0 Å². The predicted octanol–water partition coefficient (Wildman–Crippen LogP) is 19.2. The number of hydrogen-bond acceptors (Lipinski definition) is 0. The van der Waals surface area contributed by atoms with Crippen molar-refractivity contribution in [2.24, 2.45) is 0 Å². The van der Waals surface area contributed by atoms with Gasteiger partial charge in [-0.25, -0.2) is 0 Å². The van der Waals surface area contributed by atoms with E-state index in [9.17, 15) is 0 Å². The summed E-state index contributed by atoms with van der Waals surface area (Å²) >= 11 is -0.826. The van der Waals surface area contributed by atoms with Gasteiger partial charge < -0.3 is 0 Å². The second-order valence-corrected chi connectivity index (χ2v) is 29.0. The molecule has 1 heterocycles. The molecule has 2 radical (unpaired) electrons. The molecule has 0 nitrogen and oxygen atoms in total. The first-order valence-corrected chi connectivity index (χ1v) is 33.9. The molecule has 0 aliphatic carbocycles. The third-order valence-electron chi connectivity index (χ3n) is 14.2. The zero-order valence-corrected chi connectivity index (χ0v) is 51.6. The van der Waals surface area contributed by atoms with Crippen molar-refractivity contribution in [2.45, 2.75) is 171 Å². The smallest absolute Gasteiger partial charge is 0.0920 e. The van der Waals surface area contributed by atoms with Crippen LogP contribution in [0.15, 0.2) is 127 Å². The Hall–Kier alpha value is -3.78. The van der Waals surface area contributed by atoms with Crippen LogP contribution in [0.2, 0.25) is 0 Å². The van der Waals surface area contributed by atoms with Crippen molar-refractivity contribution in [2.75, 3.05) is 0 Å². The molecule has 8 aromatic carbocycles. The molecule has 0 fully saturated rings. The number of fused-ring (bicyclic) bond motifs is 5. The van der Waals surface area contributed by atoms with Gasteiger partial charge in [-0.05, 0) is 80.7 Å². The van der Waals surface area contributed by atoms with Gasteiger partial charge in [-0.15, -0.1) is 74.6 Å². The number of aryl methyl sites for hydroxylation is 4. The summed E-state index contributed by atoms with van der Waals surface area (Å²) in [5, 5.41) is 8.44. The Balaban J connectivity index is 0.000000181. The Bertz CT molecular complexity index is 2800. The van der Waals surface area contributed by atoms with E-state index in [4.69, 9.17) is 17.0 Å². The monoisotopic (exact) mass is 1090 g/mol. The molecular weight excluding hydrogens is 1010 g/mol. The average Bonchev–Trinajstić information content (AvgIpc) is 4.05. The van der Waals surface area contributed by atoms with Crippen molar-refractivity contribution in [3.05, 3.63) is 178 Å². The van der Waals surface area contributed by atoms with Crippen LogP contribution in [0.1, 0.15) is 168 Å². The summed E-state index contributed by atoms with van der Waals surface area (Å²) in [6.07, 6.45) is 6.82. The SMILES string of the molecule is CCCc1cc2c(-c3cc(C(C)(C)C)cc(C(C)(C)C)c3)c(CC)ccc2[cH-]1.CCCc1cc2c(-c3cc(C(C)(C)C)cc(C(C)(C)C)c3)c(CC)ccc2[cH-]1.[Cl][Zr][Cl].[c-]1cccc2c1[Si]c1ccccc1-2. The fourth-order valence-electron chi connectivity index (χ4n) is 9.92. The van der Waals surface area contributed by atoms with Crippen molar-refractivity contribution in [3.8, 4) is 33.4 Å². The van der Waals surface area contributed by atoms with Crippen molar-refractivity contribution < 1.29 is 20.8 Å². The molecular formula is C68H81Cl2SiZr-3. The molecule has 72 heavy (non-hydrogen) atoms. The van der Waals surface area contributed by atoms with Crippen LogP contribution in [0.4, 0.5) is 0 Å². The number of halogens is 2. The third-order valence-corrected chi connectivity index (χ3v) is 15.5. The first-order chi connectivity index (χ1) is 33.9. The van der Waals surface area contributed by atoms with Crippen molar-refractivity contribution in [1.29, 1.82) is 0 Å². The molecule has 0 unspecified atom stereocenters. The molecule has 1 aliphatic rings. The van der Waals surface area contributed by atoms with E-state index in [-0.39, 0.29) is 21.7 Å². The minimum atomic E-state index is -0.826. The van der Waals surface area contributed by atoms with E-state index in [0.717, 1.165) is 35.2 Å². The Morgan fingerprint density at radius 2 is 0.875 bits per heavy atom. The maximum absolute atomic E-state index is 4.93. The Morgan fingerprint density at radius 3 is 1.25 bits per heavy atom. The summed E-state index contributed by atoms with van der Waals surface area (Å²) in [5.41, 5.74) is 20.5. The van der Waals surface area contributed by atoms with Crippen LogP contribution >= 0.6 is 17.0 Å². The van der Waals surface area contributed by atoms with Crippen LogP contribution in [-0.4, -0.2) is 9.52 Å². The molecule has 378 valence electrons. The Morgan fingerprint density at radius 1 is 0.486 bits per heavy atom. The van der Waals surface area contributed by atoms with E-state index >= 15 is 0 Å². The van der Waals surface area contributed by atoms with Crippen LogP contribution in [0, 0.1) is 6.07 Å². The molecule has 9 rings (SSSR count). The minimum Gasteiger partial charge on any atom is -0.184 e. The summed E-state index contributed by atoms with van der Waals surface area (Å²) < 4.78 is 0. The van der Waals surface area contributed by atoms with Gasteiger partial charge in [-0.1, -0.05) is 217 Å². The van der Waals surface area contributed by atoms with Gasteiger partial charge in [0.1, 0.15) is 0 Å². The second-order valence-electron chi connectivity index (χ2n) is 23.9. The summed E-state index contributed by atoms with van der Waals surface area (Å²) in [4.78, 5) is 0. The topological polar surface area (TPSA) is 0 Å². The molecule has 8 aromatic rings. The summed E-state index contributed by atoms with van der Waals surface area (Å²) in [7, 11) is 10.7. The van der Waals surface area contributed by atoms with Crippen molar-refractivity contribution >= 4 is 58.5 Å². The summed E-state index contributed by atoms with van der Waals surface area (Å²) in [5.74, 6) is 0. The van der Waals surface area contributed by atoms with E-state index in [2.05, 4.69) is 238 Å². The van der Waals surface area contributed by atoms with Crippen molar-refractivity contribution in [1.82, 2.24) is 0 Å². The van der Waals surface area contributed by atoms with Crippen LogP contribution in [0.25, 0.3) is 54.9 Å². The molecule has 0 saturated carbocycles. The average molecular weight is 1090 g/mol. The largest absolute Gasteiger partial charge is 0.184 e. The maximum atomic E-state index is 4.93. The van der Waals surface area contributed by atoms with Crippen LogP contribution in [-0.2, 0) is 68.2 Å². The van der Waals surface area contributed by atoms with Crippen LogP contribution in [0.5, 0.6) is 0 Å². The third kappa shape index (κ3) is 13.9. The van der Waals surface area contributed by atoms with Crippen molar-refractivity contribution in [3.63, 3.8) is 0 Å². The minimum absolute atomic E-state index is 0.135. The van der Waals surface area contributed by atoms with Gasteiger partial charge in [-0.3, -0.25) is 0 Å². The molecule has 0 atom stereocenters. The standard InChI is InChI=1S/2C28H37.C12H7Si.2ClH.Zr/c2*1-9-11-19-14-21-13-12-20(10-2)26(25(21)15-19)22-16-23(27(3,4)5)18-24(17-22)28(6,7)8;1-3-7-11-9(5-1)10-6-2-4-8-12(10)13-11;;;/h2*12-18H,9-11H2,1-8H3;1-7H;2*1H;/q3*-1;;;+2/p-2. The molecule has 0 amide bonds. The van der Waals surface area contributed by atoms with Crippen LogP contribution in [0.3, 0.4) is 0 Å². The molecule has 4 heteroatoms. The fraction of sp³-hybridized carbons (Fsp3) is 0.382. The first kappa shape index (κ1) is 57.5. The molecule has 0 N–H and O–H groups in total. The maximum Gasteiger partial charge on any atom is 0.0920 e. The van der Waals surface area contributed by atoms with E-state index in [1.165, 1.54) is 123 Å². The second kappa shape index (κ2) is 24.3. The number of benzene rings is 6. The summed E-state index contributed by atoms with van der Waals surface area (Å²) in [6, 6.07) is 51.7. The van der Waals surface area contributed by atoms with Gasteiger partial charge in [0.2, 0.25) is 0 Å². The van der Waals surface area contributed by atoms with Gasteiger partial charge in [-0.2, -0.15) is 41.6 Å². The van der Waals surface area contributed by atoms with Gasteiger partial charge in [0, 0.05) is 0 Å². The van der Waals surface area contributed by atoms with Crippen LogP contribution < -0.4 is 10.4 Å². The van der Waals surface area contributed by atoms with Gasteiger partial charge in [0.15, 0.2) is 0 Å². The Kier molecular flexibility index (Phi) is 19.4. The fourth-order valence-corrected chi connectivity index (χ4v) is 11.2. The van der Waals surface area contributed by atoms with E-state index in [1.54, 1.807) is 0 Å². The quantitative estimate of drug-likeness (QED) is 0.105. The van der Waals surface area contributed by atoms with E-state index in [0.29, 0.717) is 0 Å². The Labute approximate surface area is 458 Å². The molecule has 0 aromatic heterocycles. The van der Waals surface area contributed by atoms with E-state index in [1.807, 2.05) is 6.07 Å². The van der Waals surface area contributed by atoms with E-state index < -0.39 is 20.8 Å².